The molecule has 180 valence electrons. The summed E-state index contributed by atoms with van der Waals surface area (Å²) >= 11 is 0. The summed E-state index contributed by atoms with van der Waals surface area (Å²) in [4.78, 5) is 34.8. The monoisotopic (exact) mass is 480 g/mol. The molecule has 3 N–H and O–H groups in total. The number of aromatic nitrogens is 4. The summed E-state index contributed by atoms with van der Waals surface area (Å²) in [5.41, 5.74) is 3.49. The fourth-order valence-electron chi connectivity index (χ4n) is 4.99. The molecule has 0 spiro atoms. The van der Waals surface area contributed by atoms with Crippen LogP contribution in [0.4, 0.5) is 11.5 Å². The highest BCUT2D eigenvalue weighted by Gasteiger charge is 2.28. The lowest BCUT2D eigenvalue weighted by atomic mass is 9.89. The molecular formula is C27H24N6O3. The number of nitrogens with one attached hydrogen (secondary N) is 2. The standard InChI is InChI=1S/C27H24N6O3/c34-26(32-13-10-18(11-14-32)17-5-2-1-3-6-17)20-15-29-24-21(27(35)36)16-30-33(24)25(20)31-23-8-4-7-22-19(23)9-12-28-22/h1-9,12,15-16,18,28,31H,10-11,13-14H2,(H,35,36). The molecule has 36 heavy (non-hydrogen) atoms. The molecule has 3 aromatic heterocycles. The normalized spacial score (nSPS) is 14.4. The van der Waals surface area contributed by atoms with Crippen LogP contribution in [0.2, 0.25) is 0 Å². The second kappa shape index (κ2) is 8.84. The van der Waals surface area contributed by atoms with Crippen molar-refractivity contribution in [1.82, 2.24) is 24.5 Å². The minimum atomic E-state index is -1.13. The predicted octanol–water partition coefficient (Wildman–Crippen LogP) is 4.67. The zero-order valence-corrected chi connectivity index (χ0v) is 19.4. The van der Waals surface area contributed by atoms with Gasteiger partial charge in [-0.1, -0.05) is 36.4 Å². The van der Waals surface area contributed by atoms with Gasteiger partial charge in [-0.05, 0) is 42.5 Å². The SMILES string of the molecule is O=C(O)c1cnn2c(Nc3cccc4[nH]ccc34)c(C(=O)N3CCC(c4ccccc4)CC3)cnc12. The average Bonchev–Trinajstić information content (AvgIpc) is 3.57. The van der Waals surface area contributed by atoms with Gasteiger partial charge in [0.25, 0.3) is 5.91 Å². The van der Waals surface area contributed by atoms with Crippen molar-refractivity contribution in [3.8, 4) is 0 Å². The van der Waals surface area contributed by atoms with Gasteiger partial charge >= 0.3 is 5.97 Å². The molecule has 1 aliphatic heterocycles. The summed E-state index contributed by atoms with van der Waals surface area (Å²) in [7, 11) is 0. The second-order valence-corrected chi connectivity index (χ2v) is 8.97. The van der Waals surface area contributed by atoms with E-state index in [9.17, 15) is 14.7 Å². The number of carboxylic acids is 1. The number of fused-ring (bicyclic) bond motifs is 2. The number of likely N-dealkylation sites (tertiary alicyclic amines) is 1. The molecule has 5 aromatic rings. The largest absolute Gasteiger partial charge is 0.477 e. The molecule has 6 rings (SSSR count). The number of nitrogens with zero attached hydrogens (tertiary/aromatic N) is 4. The number of anilines is 2. The smallest absolute Gasteiger partial charge is 0.341 e. The van der Waals surface area contributed by atoms with Crippen molar-refractivity contribution in [1.29, 1.82) is 0 Å². The minimum absolute atomic E-state index is 0.0272. The van der Waals surface area contributed by atoms with Gasteiger partial charge in [-0.25, -0.2) is 9.78 Å². The third-order valence-corrected chi connectivity index (χ3v) is 6.89. The van der Waals surface area contributed by atoms with Crippen LogP contribution in [0.3, 0.4) is 0 Å². The Bertz CT molecular complexity index is 1580. The number of piperidine rings is 1. The van der Waals surface area contributed by atoms with Crippen LogP contribution in [0, 0.1) is 0 Å². The van der Waals surface area contributed by atoms with Crippen molar-refractivity contribution in [2.75, 3.05) is 18.4 Å². The Morgan fingerprint density at radius 3 is 2.56 bits per heavy atom. The van der Waals surface area contributed by atoms with Crippen LogP contribution in [-0.4, -0.2) is 54.6 Å². The molecule has 2 aromatic carbocycles. The number of aromatic amines is 1. The Morgan fingerprint density at radius 2 is 1.78 bits per heavy atom. The first-order valence-corrected chi connectivity index (χ1v) is 11.9. The molecule has 1 saturated heterocycles. The number of amides is 1. The molecule has 0 saturated carbocycles. The zero-order valence-electron chi connectivity index (χ0n) is 19.4. The van der Waals surface area contributed by atoms with Crippen molar-refractivity contribution < 1.29 is 14.7 Å². The number of carboxylic acid groups (broad SMARTS) is 1. The van der Waals surface area contributed by atoms with E-state index in [1.54, 1.807) is 0 Å². The van der Waals surface area contributed by atoms with E-state index in [1.807, 2.05) is 53.6 Å². The van der Waals surface area contributed by atoms with Crippen molar-refractivity contribution in [3.05, 3.63) is 89.9 Å². The number of aromatic carboxylic acids is 1. The molecule has 9 nitrogen and oxygen atoms in total. The fraction of sp³-hybridized carbons (Fsp3) is 0.185. The molecule has 0 unspecified atom stereocenters. The number of benzene rings is 2. The molecule has 0 atom stereocenters. The maximum Gasteiger partial charge on any atom is 0.341 e. The van der Waals surface area contributed by atoms with E-state index in [4.69, 9.17) is 0 Å². The van der Waals surface area contributed by atoms with E-state index in [2.05, 4.69) is 32.5 Å². The lowest BCUT2D eigenvalue weighted by molar-refractivity contribution is 0.0695. The van der Waals surface area contributed by atoms with Crippen LogP contribution < -0.4 is 5.32 Å². The molecule has 0 radical (unpaired) electrons. The van der Waals surface area contributed by atoms with Gasteiger partial charge < -0.3 is 20.3 Å². The van der Waals surface area contributed by atoms with Gasteiger partial charge in [0, 0.05) is 42.1 Å². The highest BCUT2D eigenvalue weighted by atomic mass is 16.4. The van der Waals surface area contributed by atoms with Gasteiger partial charge in [-0.15, -0.1) is 0 Å². The maximum atomic E-state index is 13.7. The fourth-order valence-corrected chi connectivity index (χ4v) is 4.99. The molecule has 1 fully saturated rings. The second-order valence-electron chi connectivity index (χ2n) is 8.97. The van der Waals surface area contributed by atoms with Gasteiger partial charge in [0.05, 0.1) is 6.20 Å². The molecule has 9 heteroatoms. The topological polar surface area (TPSA) is 116 Å². The van der Waals surface area contributed by atoms with E-state index >= 15 is 0 Å². The molecule has 1 amide bonds. The Morgan fingerprint density at radius 1 is 0.972 bits per heavy atom. The zero-order chi connectivity index (χ0) is 24.6. The quantitative estimate of drug-likeness (QED) is 0.337. The highest BCUT2D eigenvalue weighted by Crippen LogP contribution is 2.32. The number of H-pyrrole nitrogens is 1. The molecule has 0 bridgehead atoms. The molecular weight excluding hydrogens is 456 g/mol. The van der Waals surface area contributed by atoms with Crippen molar-refractivity contribution in [2.45, 2.75) is 18.8 Å². The van der Waals surface area contributed by atoms with Crippen LogP contribution >= 0.6 is 0 Å². The number of hydrogen-bond donors (Lipinski definition) is 3. The Kier molecular flexibility index (Phi) is 5.37. The first-order chi connectivity index (χ1) is 17.6. The van der Waals surface area contributed by atoms with Crippen molar-refractivity contribution >= 4 is 39.9 Å². The van der Waals surface area contributed by atoms with Gasteiger partial charge in [0.15, 0.2) is 5.65 Å². The molecule has 4 heterocycles. The van der Waals surface area contributed by atoms with Gasteiger partial charge in [0.1, 0.15) is 16.9 Å². The van der Waals surface area contributed by atoms with Crippen LogP contribution in [0.25, 0.3) is 16.6 Å². The van der Waals surface area contributed by atoms with Crippen LogP contribution in [0.5, 0.6) is 0 Å². The third kappa shape index (κ3) is 3.74. The minimum Gasteiger partial charge on any atom is -0.477 e. The number of hydrogen-bond acceptors (Lipinski definition) is 5. The summed E-state index contributed by atoms with van der Waals surface area (Å²) in [5, 5.41) is 18.1. The lowest BCUT2D eigenvalue weighted by Crippen LogP contribution is -2.38. The summed E-state index contributed by atoms with van der Waals surface area (Å²) in [6.07, 6.45) is 6.31. The van der Waals surface area contributed by atoms with Gasteiger partial charge in [-0.2, -0.15) is 9.61 Å². The first-order valence-electron chi connectivity index (χ1n) is 11.9. The highest BCUT2D eigenvalue weighted by molar-refractivity contribution is 6.02. The Hall–Kier alpha value is -4.66. The number of carbonyl (C=O) groups is 2. The average molecular weight is 481 g/mol. The van der Waals surface area contributed by atoms with Gasteiger partial charge in [-0.3, -0.25) is 4.79 Å². The van der Waals surface area contributed by atoms with E-state index in [0.29, 0.717) is 30.4 Å². The predicted molar refractivity (Wildman–Crippen MR) is 136 cm³/mol. The van der Waals surface area contributed by atoms with Crippen molar-refractivity contribution in [2.24, 2.45) is 0 Å². The summed E-state index contributed by atoms with van der Waals surface area (Å²) in [6.45, 7) is 1.26. The van der Waals surface area contributed by atoms with E-state index < -0.39 is 5.97 Å². The maximum absolute atomic E-state index is 13.7. The number of rotatable bonds is 5. The Labute approximate surface area is 206 Å². The summed E-state index contributed by atoms with van der Waals surface area (Å²) < 4.78 is 1.40. The van der Waals surface area contributed by atoms with E-state index in [0.717, 1.165) is 29.4 Å². The Balaban J connectivity index is 1.36. The first kappa shape index (κ1) is 21.8. The van der Waals surface area contributed by atoms with Crippen LogP contribution in [0.15, 0.2) is 73.2 Å². The van der Waals surface area contributed by atoms with Crippen molar-refractivity contribution in [3.63, 3.8) is 0 Å². The van der Waals surface area contributed by atoms with E-state index in [1.165, 1.54) is 22.5 Å². The van der Waals surface area contributed by atoms with Crippen LogP contribution in [-0.2, 0) is 0 Å². The summed E-state index contributed by atoms with van der Waals surface area (Å²) in [5.74, 6) is -0.481. The molecule has 1 aliphatic rings. The molecule has 0 aliphatic carbocycles. The lowest BCUT2D eigenvalue weighted by Gasteiger charge is -2.32. The number of carbonyl (C=O) groups excluding carboxylic acids is 1. The van der Waals surface area contributed by atoms with E-state index in [-0.39, 0.29) is 17.1 Å². The van der Waals surface area contributed by atoms with Gasteiger partial charge in [0.2, 0.25) is 0 Å². The van der Waals surface area contributed by atoms with Crippen LogP contribution in [0.1, 0.15) is 45.0 Å². The third-order valence-electron chi connectivity index (χ3n) is 6.89. The summed E-state index contributed by atoms with van der Waals surface area (Å²) in [6, 6.07) is 18.1.